The number of alkyl halides is 3. The number of carbonyl (C=O) groups is 1. The molecule has 0 spiro atoms. The van der Waals surface area contributed by atoms with E-state index in [9.17, 15) is 18.0 Å². The van der Waals surface area contributed by atoms with Crippen LogP contribution in [0.1, 0.15) is 47.9 Å². The molecule has 4 rings (SSSR count). The van der Waals surface area contributed by atoms with Crippen molar-refractivity contribution in [2.24, 2.45) is 0 Å². The number of carbonyl (C=O) groups excluding carboxylic acids is 1. The zero-order valence-electron chi connectivity index (χ0n) is 16.4. The van der Waals surface area contributed by atoms with E-state index in [-0.39, 0.29) is 17.5 Å². The number of likely N-dealkylation sites (tertiary alicyclic amines) is 1. The fraction of sp³-hybridized carbons (Fsp3) is 0.435. The second-order valence-corrected chi connectivity index (χ2v) is 8.26. The largest absolute Gasteiger partial charge is 0.416 e. The minimum atomic E-state index is -4.33. The summed E-state index contributed by atoms with van der Waals surface area (Å²) in [6, 6.07) is 13.3. The van der Waals surface area contributed by atoms with Gasteiger partial charge < -0.3 is 5.32 Å². The maximum atomic E-state index is 13.0. The summed E-state index contributed by atoms with van der Waals surface area (Å²) in [5.74, 6) is 0.0208. The van der Waals surface area contributed by atoms with Crippen LogP contribution in [0.5, 0.6) is 0 Å². The predicted octanol–water partition coefficient (Wildman–Crippen LogP) is 4.78. The van der Waals surface area contributed by atoms with Gasteiger partial charge in [-0.15, -0.1) is 0 Å². The molecule has 2 fully saturated rings. The van der Waals surface area contributed by atoms with Crippen LogP contribution >= 0.6 is 0 Å². The summed E-state index contributed by atoms with van der Waals surface area (Å²) < 4.78 is 38.3. The Kier molecular flexibility index (Phi) is 5.15. The Balaban J connectivity index is 1.42. The van der Waals surface area contributed by atoms with Crippen molar-refractivity contribution in [2.75, 3.05) is 6.54 Å². The highest BCUT2D eigenvalue weighted by atomic mass is 19.4. The normalized spacial score (nSPS) is 21.2. The van der Waals surface area contributed by atoms with E-state index >= 15 is 0 Å². The van der Waals surface area contributed by atoms with Crippen LogP contribution in [0, 0.1) is 6.92 Å². The molecular formula is C23H25F3N2O. The SMILES string of the molecule is Cc1ccc(C2(NC(=O)C3CCCN3Cc3ccc(C(F)(F)F)cc3)CC2)cc1. The lowest BCUT2D eigenvalue weighted by Gasteiger charge is -2.27. The van der Waals surface area contributed by atoms with Gasteiger partial charge in [0.15, 0.2) is 0 Å². The average Bonchev–Trinajstić information content (AvgIpc) is 3.30. The van der Waals surface area contributed by atoms with Crippen LogP contribution < -0.4 is 5.32 Å². The molecule has 3 nitrogen and oxygen atoms in total. The first kappa shape index (κ1) is 20.0. The van der Waals surface area contributed by atoms with Gasteiger partial charge in [-0.25, -0.2) is 0 Å². The van der Waals surface area contributed by atoms with Crippen LogP contribution in [-0.2, 0) is 23.1 Å². The molecule has 29 heavy (non-hydrogen) atoms. The molecule has 0 bridgehead atoms. The molecule has 0 aromatic heterocycles. The van der Waals surface area contributed by atoms with Gasteiger partial charge in [-0.1, -0.05) is 42.0 Å². The molecule has 1 aliphatic heterocycles. The van der Waals surface area contributed by atoms with Crippen molar-refractivity contribution in [1.29, 1.82) is 0 Å². The van der Waals surface area contributed by atoms with Gasteiger partial charge in [0.2, 0.25) is 5.91 Å². The molecule has 2 aromatic rings. The van der Waals surface area contributed by atoms with Gasteiger partial charge in [0.05, 0.1) is 17.1 Å². The third kappa shape index (κ3) is 4.32. The zero-order chi connectivity index (χ0) is 20.6. The van der Waals surface area contributed by atoms with E-state index < -0.39 is 11.7 Å². The van der Waals surface area contributed by atoms with Crippen molar-refractivity contribution in [3.8, 4) is 0 Å². The first-order valence-electron chi connectivity index (χ1n) is 10.1. The Bertz CT molecular complexity index is 870. The second kappa shape index (κ2) is 7.48. The van der Waals surface area contributed by atoms with Crippen LogP contribution in [0.4, 0.5) is 13.2 Å². The number of amides is 1. The van der Waals surface area contributed by atoms with E-state index in [0.29, 0.717) is 6.54 Å². The van der Waals surface area contributed by atoms with Gasteiger partial charge in [-0.3, -0.25) is 9.69 Å². The quantitative estimate of drug-likeness (QED) is 0.780. The van der Waals surface area contributed by atoms with Crippen molar-refractivity contribution in [3.63, 3.8) is 0 Å². The molecule has 1 N–H and O–H groups in total. The Morgan fingerprint density at radius 1 is 1.10 bits per heavy atom. The average molecular weight is 402 g/mol. The predicted molar refractivity (Wildman–Crippen MR) is 105 cm³/mol. The molecule has 1 aliphatic carbocycles. The molecule has 1 saturated carbocycles. The number of benzene rings is 2. The first-order chi connectivity index (χ1) is 13.8. The molecule has 6 heteroatoms. The number of aryl methyl sites for hydroxylation is 1. The fourth-order valence-corrected chi connectivity index (χ4v) is 4.15. The van der Waals surface area contributed by atoms with Crippen LogP contribution in [-0.4, -0.2) is 23.4 Å². The van der Waals surface area contributed by atoms with Gasteiger partial charge >= 0.3 is 6.18 Å². The molecule has 0 radical (unpaired) electrons. The highest BCUT2D eigenvalue weighted by molar-refractivity contribution is 5.83. The third-order valence-electron chi connectivity index (χ3n) is 6.05. The summed E-state index contributed by atoms with van der Waals surface area (Å²) in [6.45, 7) is 3.30. The lowest BCUT2D eigenvalue weighted by atomic mass is 10.0. The van der Waals surface area contributed by atoms with Gasteiger partial charge in [0.1, 0.15) is 0 Å². The topological polar surface area (TPSA) is 32.3 Å². The summed E-state index contributed by atoms with van der Waals surface area (Å²) in [5.41, 5.74) is 2.22. The number of hydrogen-bond acceptors (Lipinski definition) is 2. The van der Waals surface area contributed by atoms with Crippen LogP contribution in [0.25, 0.3) is 0 Å². The smallest absolute Gasteiger partial charge is 0.345 e. The Morgan fingerprint density at radius 3 is 2.34 bits per heavy atom. The third-order valence-corrected chi connectivity index (χ3v) is 6.05. The van der Waals surface area contributed by atoms with Gasteiger partial charge in [0.25, 0.3) is 0 Å². The first-order valence-corrected chi connectivity index (χ1v) is 10.1. The van der Waals surface area contributed by atoms with E-state index in [1.54, 1.807) is 0 Å². The summed E-state index contributed by atoms with van der Waals surface area (Å²) >= 11 is 0. The minimum absolute atomic E-state index is 0.0208. The monoisotopic (exact) mass is 402 g/mol. The lowest BCUT2D eigenvalue weighted by Crippen LogP contribution is -2.46. The number of rotatable bonds is 5. The summed E-state index contributed by atoms with van der Waals surface area (Å²) in [5, 5.41) is 3.26. The molecule has 1 saturated heterocycles. The lowest BCUT2D eigenvalue weighted by molar-refractivity contribution is -0.137. The molecule has 1 heterocycles. The number of nitrogens with zero attached hydrogens (tertiary/aromatic N) is 1. The molecular weight excluding hydrogens is 377 g/mol. The van der Waals surface area contributed by atoms with Crippen LogP contribution in [0.2, 0.25) is 0 Å². The Morgan fingerprint density at radius 2 is 1.76 bits per heavy atom. The summed E-state index contributed by atoms with van der Waals surface area (Å²) in [6.07, 6.45) is -0.767. The maximum absolute atomic E-state index is 13.0. The summed E-state index contributed by atoms with van der Waals surface area (Å²) in [4.78, 5) is 15.1. The van der Waals surface area contributed by atoms with Crippen molar-refractivity contribution in [2.45, 2.75) is 56.9 Å². The van der Waals surface area contributed by atoms with Gasteiger partial charge in [0, 0.05) is 6.54 Å². The van der Waals surface area contributed by atoms with E-state index in [1.165, 1.54) is 17.7 Å². The van der Waals surface area contributed by atoms with Gasteiger partial charge in [-0.05, 0) is 62.4 Å². The van der Waals surface area contributed by atoms with E-state index in [1.807, 2.05) is 6.92 Å². The molecule has 2 aromatic carbocycles. The van der Waals surface area contributed by atoms with Crippen molar-refractivity contribution < 1.29 is 18.0 Å². The van der Waals surface area contributed by atoms with E-state index in [4.69, 9.17) is 0 Å². The highest BCUT2D eigenvalue weighted by Crippen LogP contribution is 2.45. The van der Waals surface area contributed by atoms with Crippen molar-refractivity contribution >= 4 is 5.91 Å². The number of hydrogen-bond donors (Lipinski definition) is 1. The van der Waals surface area contributed by atoms with Gasteiger partial charge in [-0.2, -0.15) is 13.2 Å². The summed E-state index contributed by atoms with van der Waals surface area (Å²) in [7, 11) is 0. The van der Waals surface area contributed by atoms with Crippen LogP contribution in [0.15, 0.2) is 48.5 Å². The molecule has 1 unspecified atom stereocenters. The van der Waals surface area contributed by atoms with E-state index in [2.05, 4.69) is 34.5 Å². The Hall–Kier alpha value is -2.34. The minimum Gasteiger partial charge on any atom is -0.345 e. The second-order valence-electron chi connectivity index (χ2n) is 8.26. The molecule has 2 aliphatic rings. The van der Waals surface area contributed by atoms with E-state index in [0.717, 1.165) is 55.5 Å². The highest BCUT2D eigenvalue weighted by Gasteiger charge is 2.47. The fourth-order valence-electron chi connectivity index (χ4n) is 4.15. The van der Waals surface area contributed by atoms with Crippen LogP contribution in [0.3, 0.4) is 0 Å². The van der Waals surface area contributed by atoms with Crippen molar-refractivity contribution in [3.05, 3.63) is 70.8 Å². The molecule has 1 atom stereocenters. The standard InChI is InChI=1S/C23H25F3N2O/c1-16-4-8-18(9-5-16)22(12-13-22)27-21(29)20-3-2-14-28(20)15-17-6-10-19(11-7-17)23(24,25)26/h4-11,20H,2-3,12-15H2,1H3,(H,27,29). The number of halogens is 3. The maximum Gasteiger partial charge on any atom is 0.416 e. The molecule has 154 valence electrons. The van der Waals surface area contributed by atoms with Crippen molar-refractivity contribution in [1.82, 2.24) is 10.2 Å². The zero-order valence-corrected chi connectivity index (χ0v) is 16.4. The molecule has 1 amide bonds. The number of nitrogens with one attached hydrogen (secondary N) is 1. The Labute approximate surface area is 168 Å².